The number of aliphatic carboxylic acids is 1. The van der Waals surface area contributed by atoms with Crippen molar-refractivity contribution in [1.82, 2.24) is 10.6 Å². The highest BCUT2D eigenvalue weighted by Gasteiger charge is 2.40. The van der Waals surface area contributed by atoms with Crippen LogP contribution in [0.4, 0.5) is 0 Å². The zero-order valence-electron chi connectivity index (χ0n) is 13.7. The molecule has 0 aromatic heterocycles. The first-order valence-electron chi connectivity index (χ1n) is 7.44. The first kappa shape index (κ1) is 20.9. The lowest BCUT2D eigenvalue weighted by Crippen LogP contribution is -2.66. The predicted octanol–water partition coefficient (Wildman–Crippen LogP) is -0.484. The average molecular weight is 327 g/mol. The van der Waals surface area contributed by atoms with Gasteiger partial charge in [0.05, 0.1) is 6.04 Å². The van der Waals surface area contributed by atoms with Gasteiger partial charge in [-0.2, -0.15) is 4.79 Å². The number of carbonyl (C=O) groups excluding carboxylic acids is 2. The number of likely N-dealkylation sites (N-methyl/N-ethyl adjacent to an activating group) is 1. The van der Waals surface area contributed by atoms with Gasteiger partial charge in [-0.3, -0.25) is 14.9 Å². The fraction of sp³-hybridized carbons (Fsp3) is 0.714. The number of rotatable bonds is 11. The minimum atomic E-state index is -1.81. The fourth-order valence-electron chi connectivity index (χ4n) is 2.09. The number of amides is 1. The molecule has 0 rings (SSSR count). The summed E-state index contributed by atoms with van der Waals surface area (Å²) < 4.78 is 0. The fourth-order valence-corrected chi connectivity index (χ4v) is 2.09. The second kappa shape index (κ2) is 9.83. The lowest BCUT2D eigenvalue weighted by molar-refractivity contribution is -0.150. The van der Waals surface area contributed by atoms with Gasteiger partial charge in [0, 0.05) is 12.8 Å². The SMILES string of the molecule is CCN[C@](CCC(=O)C=[N+]=[N-])(NC(=O)C(N)CC(C)C)C(=O)O. The molecular formula is C14H25N5O4. The molecule has 0 spiro atoms. The van der Waals surface area contributed by atoms with Crippen molar-refractivity contribution in [2.75, 3.05) is 6.54 Å². The van der Waals surface area contributed by atoms with E-state index in [-0.39, 0.29) is 25.3 Å². The lowest BCUT2D eigenvalue weighted by atomic mass is 9.99. The first-order chi connectivity index (χ1) is 10.7. The molecule has 5 N–H and O–H groups in total. The number of hydrogen-bond donors (Lipinski definition) is 4. The van der Waals surface area contributed by atoms with E-state index in [2.05, 4.69) is 15.4 Å². The van der Waals surface area contributed by atoms with Crippen LogP contribution in [0.3, 0.4) is 0 Å². The molecule has 0 saturated carbocycles. The maximum Gasteiger partial charge on any atom is 0.344 e. The summed E-state index contributed by atoms with van der Waals surface area (Å²) in [5.74, 6) is -2.31. The third kappa shape index (κ3) is 7.14. The van der Waals surface area contributed by atoms with E-state index in [1.54, 1.807) is 6.92 Å². The van der Waals surface area contributed by atoms with Crippen LogP contribution in [-0.2, 0) is 14.4 Å². The number of nitrogens with zero attached hydrogens (tertiary/aromatic N) is 2. The monoisotopic (exact) mass is 327 g/mol. The average Bonchev–Trinajstić information content (AvgIpc) is 2.44. The quantitative estimate of drug-likeness (QED) is 0.173. The molecule has 0 aliphatic heterocycles. The Morgan fingerprint density at radius 2 is 2.00 bits per heavy atom. The van der Waals surface area contributed by atoms with E-state index < -0.39 is 29.4 Å². The molecule has 23 heavy (non-hydrogen) atoms. The summed E-state index contributed by atoms with van der Waals surface area (Å²) in [6.07, 6.45) is 0.666. The molecule has 0 saturated heterocycles. The summed E-state index contributed by atoms with van der Waals surface area (Å²) in [6.45, 7) is 5.73. The lowest BCUT2D eigenvalue weighted by Gasteiger charge is -2.32. The first-order valence-corrected chi connectivity index (χ1v) is 7.44. The van der Waals surface area contributed by atoms with Crippen LogP contribution in [0.2, 0.25) is 0 Å². The van der Waals surface area contributed by atoms with Crippen molar-refractivity contribution in [1.29, 1.82) is 0 Å². The van der Waals surface area contributed by atoms with E-state index in [0.29, 0.717) is 12.6 Å². The molecule has 2 atom stereocenters. The van der Waals surface area contributed by atoms with E-state index in [1.807, 2.05) is 13.8 Å². The van der Waals surface area contributed by atoms with Crippen LogP contribution >= 0.6 is 0 Å². The summed E-state index contributed by atoms with van der Waals surface area (Å²) in [4.78, 5) is 37.8. The zero-order valence-corrected chi connectivity index (χ0v) is 13.7. The summed E-state index contributed by atoms with van der Waals surface area (Å²) in [5.41, 5.74) is 12.3. The third-order valence-corrected chi connectivity index (χ3v) is 3.19. The van der Waals surface area contributed by atoms with Crippen LogP contribution in [-0.4, -0.2) is 52.0 Å². The number of nitrogens with two attached hydrogens (primary N) is 1. The van der Waals surface area contributed by atoms with Crippen LogP contribution in [0.5, 0.6) is 0 Å². The predicted molar refractivity (Wildman–Crippen MR) is 83.5 cm³/mol. The Morgan fingerprint density at radius 3 is 2.43 bits per heavy atom. The van der Waals surface area contributed by atoms with Crippen molar-refractivity contribution < 1.29 is 24.3 Å². The smallest absolute Gasteiger partial charge is 0.344 e. The number of ketones is 1. The van der Waals surface area contributed by atoms with Crippen molar-refractivity contribution in [2.24, 2.45) is 11.7 Å². The minimum Gasteiger partial charge on any atom is -0.478 e. The van der Waals surface area contributed by atoms with Crippen molar-refractivity contribution in [2.45, 2.75) is 51.7 Å². The topological polar surface area (TPSA) is 158 Å². The highest BCUT2D eigenvalue weighted by atomic mass is 16.4. The van der Waals surface area contributed by atoms with Gasteiger partial charge in [-0.25, -0.2) is 4.79 Å². The number of hydrogen-bond acceptors (Lipinski definition) is 5. The Morgan fingerprint density at radius 1 is 1.39 bits per heavy atom. The third-order valence-electron chi connectivity index (χ3n) is 3.19. The van der Waals surface area contributed by atoms with E-state index in [4.69, 9.17) is 11.3 Å². The largest absolute Gasteiger partial charge is 0.478 e. The van der Waals surface area contributed by atoms with Gasteiger partial charge >= 0.3 is 12.2 Å². The Hall–Kier alpha value is -2.09. The van der Waals surface area contributed by atoms with Gasteiger partial charge in [0.15, 0.2) is 5.66 Å². The van der Waals surface area contributed by atoms with E-state index >= 15 is 0 Å². The van der Waals surface area contributed by atoms with Gasteiger partial charge in [0.1, 0.15) is 0 Å². The van der Waals surface area contributed by atoms with Crippen LogP contribution in [0.25, 0.3) is 5.53 Å². The number of carboxylic acids is 1. The Kier molecular flexibility index (Phi) is 8.94. The molecule has 0 aromatic rings. The van der Waals surface area contributed by atoms with Crippen LogP contribution in [0.1, 0.15) is 40.0 Å². The number of nitrogens with one attached hydrogen (secondary N) is 2. The molecule has 0 heterocycles. The second-order valence-corrected chi connectivity index (χ2v) is 5.68. The molecule has 1 amide bonds. The molecule has 9 heteroatoms. The maximum atomic E-state index is 12.2. The molecule has 1 unspecified atom stereocenters. The molecular weight excluding hydrogens is 302 g/mol. The molecule has 0 aliphatic rings. The second-order valence-electron chi connectivity index (χ2n) is 5.68. The number of carboxylic acid groups (broad SMARTS) is 1. The van der Waals surface area contributed by atoms with Crippen molar-refractivity contribution in [3.63, 3.8) is 0 Å². The van der Waals surface area contributed by atoms with Crippen molar-refractivity contribution in [3.05, 3.63) is 5.53 Å². The molecule has 130 valence electrons. The highest BCUT2D eigenvalue weighted by Crippen LogP contribution is 2.12. The highest BCUT2D eigenvalue weighted by molar-refractivity contribution is 6.25. The van der Waals surface area contributed by atoms with Gasteiger partial charge in [-0.15, -0.1) is 0 Å². The van der Waals surface area contributed by atoms with E-state index in [9.17, 15) is 19.5 Å². The van der Waals surface area contributed by atoms with Gasteiger partial charge in [-0.05, 0) is 18.9 Å². The van der Waals surface area contributed by atoms with E-state index in [1.165, 1.54) is 0 Å². The minimum absolute atomic E-state index is 0.177. The zero-order chi connectivity index (χ0) is 18.0. The molecule has 0 bridgehead atoms. The molecule has 0 aromatic carbocycles. The maximum absolute atomic E-state index is 12.2. The summed E-state index contributed by atoms with van der Waals surface area (Å²) in [5, 5.41) is 14.6. The van der Waals surface area contributed by atoms with Crippen molar-refractivity contribution in [3.8, 4) is 0 Å². The van der Waals surface area contributed by atoms with Crippen LogP contribution in [0.15, 0.2) is 0 Å². The van der Waals surface area contributed by atoms with Gasteiger partial charge < -0.3 is 21.7 Å². The Bertz CT molecular complexity index is 488. The van der Waals surface area contributed by atoms with Gasteiger partial charge in [-0.1, -0.05) is 20.8 Å². The molecule has 0 radical (unpaired) electrons. The standard InChI is InChI=1S/C14H25N5O4/c1-4-17-14(13(22)23,6-5-10(20)8-18-16)19-12(21)11(15)7-9(2)3/h8-9,11,17H,4-7,15H2,1-3H3,(H,19,21)(H,22,23)/t11?,14-/m1/s1. The molecule has 0 fully saturated rings. The molecule has 9 nitrogen and oxygen atoms in total. The van der Waals surface area contributed by atoms with E-state index in [0.717, 1.165) is 0 Å². The number of carbonyl (C=O) groups is 3. The Balaban J connectivity index is 5.18. The number of Topliss-reactive ketones (excluding diaryl/α,β-unsaturated/α-hetero) is 1. The Labute approximate surface area is 135 Å². The summed E-state index contributed by atoms with van der Waals surface area (Å²) in [6, 6.07) is -0.845. The van der Waals surface area contributed by atoms with Crippen LogP contribution < -0.4 is 16.4 Å². The van der Waals surface area contributed by atoms with Crippen LogP contribution in [0, 0.1) is 5.92 Å². The normalized spacial score (nSPS) is 14.5. The summed E-state index contributed by atoms with van der Waals surface area (Å²) in [7, 11) is 0. The summed E-state index contributed by atoms with van der Waals surface area (Å²) >= 11 is 0. The van der Waals surface area contributed by atoms with Gasteiger partial charge in [0.25, 0.3) is 0 Å². The van der Waals surface area contributed by atoms with Gasteiger partial charge in [0.2, 0.25) is 11.7 Å². The molecule has 0 aliphatic carbocycles. The van der Waals surface area contributed by atoms with Crippen molar-refractivity contribution >= 4 is 23.9 Å².